The lowest BCUT2D eigenvalue weighted by Crippen LogP contribution is -2.37. The maximum absolute atomic E-state index is 5.63. The number of rotatable bonds is 3. The predicted molar refractivity (Wildman–Crippen MR) is 83.6 cm³/mol. The molecule has 2 saturated heterocycles. The van der Waals surface area contributed by atoms with E-state index in [1.165, 1.54) is 32.1 Å². The molecule has 120 valence electrons. The van der Waals surface area contributed by atoms with Crippen LogP contribution in [0.1, 0.15) is 39.0 Å². The van der Waals surface area contributed by atoms with E-state index in [0.29, 0.717) is 18.0 Å². The van der Waals surface area contributed by atoms with Gasteiger partial charge in [0, 0.05) is 25.8 Å². The van der Waals surface area contributed by atoms with Crippen LogP contribution in [-0.4, -0.2) is 46.0 Å². The van der Waals surface area contributed by atoms with Crippen LogP contribution in [-0.2, 0) is 11.3 Å². The molecule has 3 aliphatic rings. The van der Waals surface area contributed by atoms with Crippen molar-refractivity contribution < 1.29 is 4.74 Å². The molecule has 6 nitrogen and oxygen atoms in total. The number of nitrogens with zero attached hydrogens (tertiary/aromatic N) is 5. The van der Waals surface area contributed by atoms with E-state index in [2.05, 4.69) is 27.0 Å². The van der Waals surface area contributed by atoms with Crippen molar-refractivity contribution in [3.05, 3.63) is 12.2 Å². The van der Waals surface area contributed by atoms with Crippen molar-refractivity contribution >= 4 is 5.95 Å². The first-order valence-electron chi connectivity index (χ1n) is 8.45. The molecule has 0 aromatic carbocycles. The molecule has 0 amide bonds. The molecular weight excluding hydrogens is 278 g/mol. The van der Waals surface area contributed by atoms with Crippen LogP contribution in [0.2, 0.25) is 0 Å². The summed E-state index contributed by atoms with van der Waals surface area (Å²) in [5, 5.41) is 12.4. The summed E-state index contributed by atoms with van der Waals surface area (Å²) in [6.45, 7) is 9.62. The van der Waals surface area contributed by atoms with Crippen molar-refractivity contribution in [2.75, 3.05) is 24.7 Å². The van der Waals surface area contributed by atoms with Gasteiger partial charge >= 0.3 is 0 Å². The molecule has 1 spiro atoms. The summed E-state index contributed by atoms with van der Waals surface area (Å²) in [6, 6.07) is 0.605. The third-order valence-electron chi connectivity index (χ3n) is 5.83. The topological polar surface area (TPSA) is 56.1 Å². The van der Waals surface area contributed by atoms with E-state index in [9.17, 15) is 0 Å². The largest absolute Gasteiger partial charge is 0.381 e. The zero-order chi connectivity index (χ0) is 15.2. The molecule has 3 heterocycles. The highest BCUT2D eigenvalue weighted by molar-refractivity contribution is 5.37. The molecule has 0 N–H and O–H groups in total. The van der Waals surface area contributed by atoms with Crippen LogP contribution in [0, 0.1) is 11.3 Å². The molecule has 0 unspecified atom stereocenters. The maximum atomic E-state index is 5.63. The predicted octanol–water partition coefficient (Wildman–Crippen LogP) is 2.03. The number of tetrazole rings is 1. The molecule has 2 atom stereocenters. The van der Waals surface area contributed by atoms with E-state index in [4.69, 9.17) is 4.74 Å². The first-order chi connectivity index (χ1) is 10.7. The fraction of sp³-hybridized carbons (Fsp3) is 0.812. The second-order valence-electron chi connectivity index (χ2n) is 7.30. The number of anilines is 1. The first kappa shape index (κ1) is 14.2. The zero-order valence-electron chi connectivity index (χ0n) is 13.4. The van der Waals surface area contributed by atoms with Gasteiger partial charge in [-0.3, -0.25) is 0 Å². The van der Waals surface area contributed by atoms with Crippen LogP contribution in [0.3, 0.4) is 0 Å². The summed E-state index contributed by atoms with van der Waals surface area (Å²) in [4.78, 5) is 2.49. The quantitative estimate of drug-likeness (QED) is 0.800. The summed E-state index contributed by atoms with van der Waals surface area (Å²) >= 11 is 0. The molecule has 3 fully saturated rings. The van der Waals surface area contributed by atoms with Gasteiger partial charge < -0.3 is 9.64 Å². The zero-order valence-corrected chi connectivity index (χ0v) is 13.4. The van der Waals surface area contributed by atoms with E-state index >= 15 is 0 Å². The lowest BCUT2D eigenvalue weighted by atomic mass is 9.71. The van der Waals surface area contributed by atoms with Gasteiger partial charge in [0.15, 0.2) is 0 Å². The maximum Gasteiger partial charge on any atom is 0.246 e. The lowest BCUT2D eigenvalue weighted by molar-refractivity contribution is 0.00154. The molecule has 0 radical (unpaired) electrons. The van der Waals surface area contributed by atoms with Gasteiger partial charge in [0.05, 0.1) is 6.54 Å². The highest BCUT2D eigenvalue weighted by atomic mass is 16.5. The Balaban J connectivity index is 1.65. The van der Waals surface area contributed by atoms with Gasteiger partial charge in [-0.2, -0.15) is 0 Å². The van der Waals surface area contributed by atoms with E-state index in [0.717, 1.165) is 37.2 Å². The van der Waals surface area contributed by atoms with E-state index < -0.39 is 0 Å². The Labute approximate surface area is 131 Å². The van der Waals surface area contributed by atoms with Gasteiger partial charge in [0.2, 0.25) is 5.95 Å². The summed E-state index contributed by atoms with van der Waals surface area (Å²) < 4.78 is 7.54. The average Bonchev–Trinajstić information content (AvgIpc) is 3.18. The highest BCUT2D eigenvalue weighted by Crippen LogP contribution is 2.54. The second kappa shape index (κ2) is 5.33. The summed E-state index contributed by atoms with van der Waals surface area (Å²) in [6.07, 6.45) is 6.33. The van der Waals surface area contributed by atoms with Crippen molar-refractivity contribution in [2.45, 2.75) is 51.6 Å². The minimum absolute atomic E-state index is 0.416. The Morgan fingerprint density at radius 2 is 2.18 bits per heavy atom. The first-order valence-corrected chi connectivity index (χ1v) is 8.45. The molecule has 6 heteroatoms. The van der Waals surface area contributed by atoms with Crippen molar-refractivity contribution in [3.8, 4) is 0 Å². The fourth-order valence-corrected chi connectivity index (χ4v) is 4.89. The molecule has 0 bridgehead atoms. The molecule has 1 aromatic heterocycles. The standard InChI is InChI=1S/C16H25N5O/c1-12(2)10-21-15(17-18-19-21)20-11-16(6-8-22-9-7-16)13-4-3-5-14(13)20/h13-14H,1,3-11H2,2H3/t13-,14+/m1/s1. The van der Waals surface area contributed by atoms with E-state index in [-0.39, 0.29) is 0 Å². The Hall–Kier alpha value is -1.43. The summed E-state index contributed by atoms with van der Waals surface area (Å²) in [5.41, 5.74) is 1.50. The van der Waals surface area contributed by atoms with E-state index in [1.807, 2.05) is 11.6 Å². The van der Waals surface area contributed by atoms with Crippen LogP contribution in [0.25, 0.3) is 0 Å². The highest BCUT2D eigenvalue weighted by Gasteiger charge is 2.55. The number of hydrogen-bond donors (Lipinski definition) is 0. The monoisotopic (exact) mass is 303 g/mol. The van der Waals surface area contributed by atoms with Crippen LogP contribution in [0.5, 0.6) is 0 Å². The van der Waals surface area contributed by atoms with Gasteiger partial charge in [-0.25, -0.2) is 4.68 Å². The fourth-order valence-electron chi connectivity index (χ4n) is 4.89. The molecule has 2 aliphatic heterocycles. The number of fused-ring (bicyclic) bond motifs is 2. The number of aromatic nitrogens is 4. The number of hydrogen-bond acceptors (Lipinski definition) is 5. The SMILES string of the molecule is C=C(C)Cn1nnnc1N1CC2(CCOCC2)[C@@H]2CCC[C@@H]21. The van der Waals surface area contributed by atoms with Crippen molar-refractivity contribution in [3.63, 3.8) is 0 Å². The Morgan fingerprint density at radius 1 is 1.36 bits per heavy atom. The van der Waals surface area contributed by atoms with Crippen LogP contribution in [0.4, 0.5) is 5.95 Å². The summed E-state index contributed by atoms with van der Waals surface area (Å²) in [7, 11) is 0. The minimum atomic E-state index is 0.416. The average molecular weight is 303 g/mol. The van der Waals surface area contributed by atoms with Gasteiger partial charge in [-0.05, 0) is 54.4 Å². The molecule has 1 aliphatic carbocycles. The number of ether oxygens (including phenoxy) is 1. The Bertz CT molecular complexity index is 563. The normalized spacial score (nSPS) is 30.0. The van der Waals surface area contributed by atoms with Gasteiger partial charge in [-0.1, -0.05) is 23.7 Å². The Kier molecular flexibility index (Phi) is 3.44. The lowest BCUT2D eigenvalue weighted by Gasteiger charge is -2.37. The van der Waals surface area contributed by atoms with Crippen molar-refractivity contribution in [1.29, 1.82) is 0 Å². The van der Waals surface area contributed by atoms with Crippen LogP contribution in [0.15, 0.2) is 12.2 Å². The number of allylic oxidation sites excluding steroid dienone is 1. The van der Waals surface area contributed by atoms with Crippen molar-refractivity contribution in [2.24, 2.45) is 11.3 Å². The minimum Gasteiger partial charge on any atom is -0.381 e. The molecule has 22 heavy (non-hydrogen) atoms. The molecule has 1 saturated carbocycles. The van der Waals surface area contributed by atoms with Gasteiger partial charge in [0.25, 0.3) is 0 Å². The Morgan fingerprint density at radius 3 is 2.95 bits per heavy atom. The third-order valence-corrected chi connectivity index (χ3v) is 5.83. The molecular formula is C16H25N5O. The smallest absolute Gasteiger partial charge is 0.246 e. The van der Waals surface area contributed by atoms with Gasteiger partial charge in [0.1, 0.15) is 0 Å². The second-order valence-corrected chi connectivity index (χ2v) is 7.30. The third kappa shape index (κ3) is 2.16. The van der Waals surface area contributed by atoms with Gasteiger partial charge in [-0.15, -0.1) is 0 Å². The molecule has 4 rings (SSSR count). The molecule has 1 aromatic rings. The van der Waals surface area contributed by atoms with Crippen LogP contribution >= 0.6 is 0 Å². The van der Waals surface area contributed by atoms with Crippen LogP contribution < -0.4 is 4.90 Å². The summed E-state index contributed by atoms with van der Waals surface area (Å²) in [5.74, 6) is 1.72. The van der Waals surface area contributed by atoms with E-state index in [1.54, 1.807) is 0 Å². The van der Waals surface area contributed by atoms with Crippen molar-refractivity contribution in [1.82, 2.24) is 20.2 Å².